The summed E-state index contributed by atoms with van der Waals surface area (Å²) < 4.78 is 0. The molecule has 0 saturated carbocycles. The first kappa shape index (κ1) is 13.8. The molecule has 2 nitrogen and oxygen atoms in total. The summed E-state index contributed by atoms with van der Waals surface area (Å²) in [6, 6.07) is 5.86. The summed E-state index contributed by atoms with van der Waals surface area (Å²) in [6.07, 6.45) is 2.62. The number of hydrogen-bond acceptors (Lipinski definition) is 2. The molecule has 98 valence electrons. The van der Waals surface area contributed by atoms with Crippen LogP contribution in [0.25, 0.3) is 0 Å². The fourth-order valence-electron chi connectivity index (χ4n) is 2.50. The molecule has 1 saturated heterocycles. The Labute approximate surface area is 119 Å². The molecule has 1 aromatic carbocycles. The Morgan fingerprint density at radius 1 is 1.56 bits per heavy atom. The summed E-state index contributed by atoms with van der Waals surface area (Å²) in [5.74, 6) is 0.786. The number of likely N-dealkylation sites (tertiary alicyclic amines) is 1. The lowest BCUT2D eigenvalue weighted by Crippen LogP contribution is -2.33. The van der Waals surface area contributed by atoms with Crippen molar-refractivity contribution in [3.05, 3.63) is 34.3 Å². The van der Waals surface area contributed by atoms with Crippen LogP contribution in [0.4, 0.5) is 0 Å². The minimum absolute atomic E-state index is 0.398. The molecular formula is C14H19ClN2S. The van der Waals surface area contributed by atoms with E-state index in [9.17, 15) is 0 Å². The van der Waals surface area contributed by atoms with Crippen LogP contribution in [0.3, 0.4) is 0 Å². The molecule has 2 N–H and O–H groups in total. The fraction of sp³-hybridized carbons (Fsp3) is 0.500. The van der Waals surface area contributed by atoms with E-state index in [1.807, 2.05) is 18.2 Å². The molecule has 18 heavy (non-hydrogen) atoms. The molecule has 0 amide bonds. The molecule has 0 radical (unpaired) electrons. The Hall–Kier alpha value is -0.640. The highest BCUT2D eigenvalue weighted by Crippen LogP contribution is 2.23. The monoisotopic (exact) mass is 282 g/mol. The number of hydrogen-bond donors (Lipinski definition) is 1. The maximum Gasteiger partial charge on any atom is 0.104 e. The Balaban J connectivity index is 2.07. The molecule has 1 unspecified atom stereocenters. The summed E-state index contributed by atoms with van der Waals surface area (Å²) >= 11 is 11.2. The molecule has 0 spiro atoms. The van der Waals surface area contributed by atoms with Crippen LogP contribution in [-0.2, 0) is 6.54 Å². The van der Waals surface area contributed by atoms with Crippen LogP contribution >= 0.6 is 23.8 Å². The second-order valence-electron chi connectivity index (χ2n) is 5.15. The van der Waals surface area contributed by atoms with E-state index in [1.165, 1.54) is 12.8 Å². The number of nitrogens with zero attached hydrogens (tertiary/aromatic N) is 1. The van der Waals surface area contributed by atoms with Crippen molar-refractivity contribution in [1.82, 2.24) is 4.90 Å². The molecular weight excluding hydrogens is 264 g/mol. The van der Waals surface area contributed by atoms with Gasteiger partial charge in [-0.25, -0.2) is 0 Å². The zero-order chi connectivity index (χ0) is 13.1. The molecule has 0 aromatic heterocycles. The third-order valence-corrected chi connectivity index (χ3v) is 4.06. The zero-order valence-electron chi connectivity index (χ0n) is 10.7. The van der Waals surface area contributed by atoms with Crippen molar-refractivity contribution < 1.29 is 0 Å². The second-order valence-corrected chi connectivity index (χ2v) is 6.00. The predicted octanol–water partition coefficient (Wildman–Crippen LogP) is 3.21. The third-order valence-electron chi connectivity index (χ3n) is 3.47. The minimum atomic E-state index is 0.398. The largest absolute Gasteiger partial charge is 0.389 e. The van der Waals surface area contributed by atoms with E-state index in [4.69, 9.17) is 29.6 Å². The van der Waals surface area contributed by atoms with E-state index in [0.29, 0.717) is 4.99 Å². The normalized spacial score (nSPS) is 20.9. The van der Waals surface area contributed by atoms with Crippen molar-refractivity contribution in [1.29, 1.82) is 0 Å². The summed E-state index contributed by atoms with van der Waals surface area (Å²) in [5.41, 5.74) is 7.59. The van der Waals surface area contributed by atoms with Gasteiger partial charge in [0.2, 0.25) is 0 Å². The standard InChI is InChI=1S/C14H19ClN2S/c1-10-3-2-6-17(8-10)9-12-5-4-11(14(16)18)7-13(12)15/h4-5,7,10H,2-3,6,8-9H2,1H3,(H2,16,18). The van der Waals surface area contributed by atoms with Crippen molar-refractivity contribution >= 4 is 28.8 Å². The van der Waals surface area contributed by atoms with Crippen molar-refractivity contribution in [3.8, 4) is 0 Å². The molecule has 0 aliphatic carbocycles. The Bertz CT molecular complexity index is 447. The van der Waals surface area contributed by atoms with Gasteiger partial charge in [-0.15, -0.1) is 0 Å². The molecule has 1 fully saturated rings. The average Bonchev–Trinajstić information content (AvgIpc) is 2.31. The number of halogens is 1. The molecule has 1 heterocycles. The van der Waals surface area contributed by atoms with Crippen LogP contribution in [0.15, 0.2) is 18.2 Å². The minimum Gasteiger partial charge on any atom is -0.389 e. The smallest absolute Gasteiger partial charge is 0.104 e. The highest BCUT2D eigenvalue weighted by Gasteiger charge is 2.17. The molecule has 4 heteroatoms. The summed E-state index contributed by atoms with van der Waals surface area (Å²) in [6.45, 7) is 5.55. The van der Waals surface area contributed by atoms with E-state index in [0.717, 1.165) is 41.7 Å². The second kappa shape index (κ2) is 6.00. The zero-order valence-corrected chi connectivity index (χ0v) is 12.2. The maximum absolute atomic E-state index is 6.29. The van der Waals surface area contributed by atoms with Gasteiger partial charge in [-0.05, 0) is 36.9 Å². The van der Waals surface area contributed by atoms with Crippen molar-refractivity contribution in [3.63, 3.8) is 0 Å². The van der Waals surface area contributed by atoms with Gasteiger partial charge in [-0.2, -0.15) is 0 Å². The Kier molecular flexibility index (Phi) is 4.60. The number of nitrogens with two attached hydrogens (primary N) is 1. The molecule has 1 aromatic rings. The summed E-state index contributed by atoms with van der Waals surface area (Å²) in [4.78, 5) is 2.87. The van der Waals surface area contributed by atoms with Gasteiger partial charge in [0.1, 0.15) is 4.99 Å². The first-order valence-electron chi connectivity index (χ1n) is 6.37. The third kappa shape index (κ3) is 3.44. The number of thiocarbonyl (C=S) groups is 1. The van der Waals surface area contributed by atoms with Crippen molar-refractivity contribution in [2.75, 3.05) is 13.1 Å². The molecule has 1 aliphatic rings. The predicted molar refractivity (Wildman–Crippen MR) is 81.0 cm³/mol. The molecule has 1 atom stereocenters. The lowest BCUT2D eigenvalue weighted by atomic mass is 9.99. The first-order valence-corrected chi connectivity index (χ1v) is 7.15. The van der Waals surface area contributed by atoms with Crippen LogP contribution in [0.1, 0.15) is 30.9 Å². The highest BCUT2D eigenvalue weighted by atomic mass is 35.5. The van der Waals surface area contributed by atoms with E-state index >= 15 is 0 Å². The number of rotatable bonds is 3. The quantitative estimate of drug-likeness (QED) is 0.864. The lowest BCUT2D eigenvalue weighted by Gasteiger charge is -2.31. The van der Waals surface area contributed by atoms with Gasteiger partial charge in [0.15, 0.2) is 0 Å². The van der Waals surface area contributed by atoms with Gasteiger partial charge < -0.3 is 5.73 Å². The van der Waals surface area contributed by atoms with E-state index in [-0.39, 0.29) is 0 Å². The first-order chi connectivity index (χ1) is 8.56. The van der Waals surface area contributed by atoms with E-state index in [1.54, 1.807) is 0 Å². The highest BCUT2D eigenvalue weighted by molar-refractivity contribution is 7.80. The summed E-state index contributed by atoms with van der Waals surface area (Å²) in [7, 11) is 0. The Morgan fingerprint density at radius 2 is 2.33 bits per heavy atom. The van der Waals surface area contributed by atoms with Gasteiger partial charge in [0.05, 0.1) is 0 Å². The number of benzene rings is 1. The van der Waals surface area contributed by atoms with Gasteiger partial charge in [-0.3, -0.25) is 4.90 Å². The molecule has 1 aliphatic heterocycles. The van der Waals surface area contributed by atoms with E-state index < -0.39 is 0 Å². The van der Waals surface area contributed by atoms with Crippen LogP contribution in [0, 0.1) is 5.92 Å². The van der Waals surface area contributed by atoms with Crippen LogP contribution in [-0.4, -0.2) is 23.0 Å². The van der Waals surface area contributed by atoms with E-state index in [2.05, 4.69) is 11.8 Å². The fourth-order valence-corrected chi connectivity index (χ4v) is 2.87. The van der Waals surface area contributed by atoms with Crippen LogP contribution < -0.4 is 5.73 Å². The van der Waals surface area contributed by atoms with Gasteiger partial charge in [0, 0.05) is 23.7 Å². The van der Waals surface area contributed by atoms with Gasteiger partial charge in [-0.1, -0.05) is 42.9 Å². The van der Waals surface area contributed by atoms with Crippen LogP contribution in [0.5, 0.6) is 0 Å². The lowest BCUT2D eigenvalue weighted by molar-refractivity contribution is 0.176. The topological polar surface area (TPSA) is 29.3 Å². The summed E-state index contributed by atoms with van der Waals surface area (Å²) in [5, 5.41) is 0.763. The van der Waals surface area contributed by atoms with Crippen molar-refractivity contribution in [2.45, 2.75) is 26.3 Å². The average molecular weight is 283 g/mol. The van der Waals surface area contributed by atoms with Gasteiger partial charge in [0.25, 0.3) is 0 Å². The SMILES string of the molecule is CC1CCCN(Cc2ccc(C(N)=S)cc2Cl)C1. The van der Waals surface area contributed by atoms with Crippen LogP contribution in [0.2, 0.25) is 5.02 Å². The molecule has 0 bridgehead atoms. The maximum atomic E-state index is 6.29. The van der Waals surface area contributed by atoms with Gasteiger partial charge >= 0.3 is 0 Å². The number of piperidine rings is 1. The van der Waals surface area contributed by atoms with Crippen molar-refractivity contribution in [2.24, 2.45) is 11.7 Å². The Morgan fingerprint density at radius 3 is 2.94 bits per heavy atom. The molecule has 2 rings (SSSR count).